The number of fused-ring (bicyclic) bond motifs is 3. The van der Waals surface area contributed by atoms with E-state index in [2.05, 4.69) is 27.9 Å². The molecule has 3 fully saturated rings. The summed E-state index contributed by atoms with van der Waals surface area (Å²) in [5, 5.41) is 13.5. The van der Waals surface area contributed by atoms with Crippen LogP contribution in [0.15, 0.2) is 49.3 Å². The summed E-state index contributed by atoms with van der Waals surface area (Å²) in [7, 11) is 1.60. The number of hydrogen-bond acceptors (Lipinski definition) is 7. The maximum absolute atomic E-state index is 12.0. The second kappa shape index (κ2) is 8.84. The maximum atomic E-state index is 12.0. The van der Waals surface area contributed by atoms with Crippen LogP contribution in [0.2, 0.25) is 5.02 Å². The number of nitrogens with zero attached hydrogens (tertiary/aromatic N) is 4. The lowest BCUT2D eigenvalue weighted by Crippen LogP contribution is -2.61. The van der Waals surface area contributed by atoms with Crippen LogP contribution < -0.4 is 14.8 Å². The van der Waals surface area contributed by atoms with Crippen molar-refractivity contribution in [1.29, 1.82) is 5.26 Å². The van der Waals surface area contributed by atoms with E-state index in [0.717, 1.165) is 11.8 Å². The average molecular weight is 476 g/mol. The quantitative estimate of drug-likeness (QED) is 0.530. The molecule has 2 saturated heterocycles. The Morgan fingerprint density at radius 3 is 2.74 bits per heavy atom. The van der Waals surface area contributed by atoms with Crippen molar-refractivity contribution in [3.05, 3.63) is 59.9 Å². The molecule has 9 heteroatoms. The Bertz CT molecular complexity index is 1330. The molecule has 2 aliphatic heterocycles. The van der Waals surface area contributed by atoms with Gasteiger partial charge in [0, 0.05) is 42.1 Å². The van der Waals surface area contributed by atoms with Crippen LogP contribution in [-0.4, -0.2) is 47.1 Å². The van der Waals surface area contributed by atoms with Crippen LogP contribution in [-0.2, 0) is 4.79 Å². The number of methoxy groups -OCH3 is 1. The van der Waals surface area contributed by atoms with Crippen molar-refractivity contribution in [2.24, 2.45) is 11.8 Å². The fraction of sp³-hybridized carbons (Fsp3) is 0.280. The van der Waals surface area contributed by atoms with Gasteiger partial charge in [0.15, 0.2) is 11.5 Å². The largest absolute Gasteiger partial charge is 0.493 e. The molecule has 1 N–H and O–H groups in total. The number of nitrogens with one attached hydrogen (secondary N) is 1. The molecule has 172 valence electrons. The van der Waals surface area contributed by atoms with Crippen molar-refractivity contribution in [3.8, 4) is 17.6 Å². The lowest BCUT2D eigenvalue weighted by molar-refractivity contribution is -0.142. The summed E-state index contributed by atoms with van der Waals surface area (Å²) < 4.78 is 12.0. The van der Waals surface area contributed by atoms with Gasteiger partial charge in [0.2, 0.25) is 5.91 Å². The van der Waals surface area contributed by atoms with Gasteiger partial charge < -0.3 is 19.7 Å². The second-order valence-corrected chi connectivity index (χ2v) is 8.87. The molecule has 1 saturated carbocycles. The number of anilines is 2. The first-order valence-corrected chi connectivity index (χ1v) is 11.3. The van der Waals surface area contributed by atoms with Crippen LogP contribution in [0.25, 0.3) is 10.9 Å². The van der Waals surface area contributed by atoms with Crippen molar-refractivity contribution < 1.29 is 14.3 Å². The summed E-state index contributed by atoms with van der Waals surface area (Å²) in [5.74, 6) is 2.28. The molecule has 1 aromatic heterocycles. The molecule has 2 aromatic carbocycles. The highest BCUT2D eigenvalue weighted by Gasteiger charge is 2.49. The SMILES string of the molecule is C=CC(=O)N1C[C@H]2C[C@@H](C1)[C@H]2Oc1cc2c(Nc3ccc(C#N)c(Cl)c3)ncnc2cc1OC. The Labute approximate surface area is 201 Å². The van der Waals surface area contributed by atoms with Crippen LogP contribution in [0, 0.1) is 23.2 Å². The minimum absolute atomic E-state index is 0.0126. The molecule has 0 radical (unpaired) electrons. The maximum Gasteiger partial charge on any atom is 0.245 e. The number of carbonyl (C=O) groups excluding carboxylic acids is 1. The molecule has 1 amide bonds. The van der Waals surface area contributed by atoms with Gasteiger partial charge in [-0.2, -0.15) is 5.26 Å². The molecule has 0 unspecified atom stereocenters. The Hall–Kier alpha value is -3.83. The first-order valence-electron chi connectivity index (χ1n) is 10.9. The third-order valence-corrected chi connectivity index (χ3v) is 6.78. The van der Waals surface area contributed by atoms with Crippen LogP contribution in [0.4, 0.5) is 11.5 Å². The van der Waals surface area contributed by atoms with Gasteiger partial charge in [-0.3, -0.25) is 4.79 Å². The summed E-state index contributed by atoms with van der Waals surface area (Å²) in [4.78, 5) is 22.6. The number of piperidine rings is 2. The third-order valence-electron chi connectivity index (χ3n) is 6.47. The van der Waals surface area contributed by atoms with Gasteiger partial charge in [0.1, 0.15) is 24.3 Å². The summed E-state index contributed by atoms with van der Waals surface area (Å²) in [6.45, 7) is 4.92. The minimum atomic E-state index is -0.0350. The van der Waals surface area contributed by atoms with Crippen molar-refractivity contribution in [3.63, 3.8) is 0 Å². The van der Waals surface area contributed by atoms with E-state index in [1.165, 1.54) is 12.4 Å². The summed E-state index contributed by atoms with van der Waals surface area (Å²) >= 11 is 6.18. The topological polar surface area (TPSA) is 100 Å². The smallest absolute Gasteiger partial charge is 0.245 e. The summed E-state index contributed by atoms with van der Waals surface area (Å²) in [5.41, 5.74) is 1.79. The van der Waals surface area contributed by atoms with Gasteiger partial charge in [-0.1, -0.05) is 18.2 Å². The van der Waals surface area contributed by atoms with Crippen LogP contribution in [0.5, 0.6) is 11.5 Å². The van der Waals surface area contributed by atoms with Crippen molar-refractivity contribution in [2.45, 2.75) is 12.5 Å². The van der Waals surface area contributed by atoms with Gasteiger partial charge in [0.05, 0.1) is 23.2 Å². The predicted octanol–water partition coefficient (Wildman–Crippen LogP) is 4.32. The number of halogens is 1. The average Bonchev–Trinajstić information content (AvgIpc) is 2.86. The van der Waals surface area contributed by atoms with Crippen molar-refractivity contribution in [2.75, 3.05) is 25.5 Å². The number of hydrogen-bond donors (Lipinski definition) is 1. The zero-order valence-corrected chi connectivity index (χ0v) is 19.2. The molecule has 2 bridgehead atoms. The van der Waals surface area contributed by atoms with E-state index in [-0.39, 0.29) is 23.8 Å². The van der Waals surface area contributed by atoms with E-state index in [1.807, 2.05) is 17.0 Å². The fourth-order valence-electron chi connectivity index (χ4n) is 4.73. The lowest BCUT2D eigenvalue weighted by atomic mass is 9.68. The minimum Gasteiger partial charge on any atom is -0.493 e. The highest BCUT2D eigenvalue weighted by molar-refractivity contribution is 6.32. The van der Waals surface area contributed by atoms with Gasteiger partial charge in [0.25, 0.3) is 0 Å². The zero-order chi connectivity index (χ0) is 23.8. The molecule has 3 aliphatic rings. The molecular formula is C25H22ClN5O3. The molecule has 0 spiro atoms. The van der Waals surface area contributed by atoms with Crippen LogP contribution >= 0.6 is 11.6 Å². The number of carbonyl (C=O) groups is 1. The normalized spacial score (nSPS) is 20.7. The molecule has 6 rings (SSSR count). The van der Waals surface area contributed by atoms with E-state index in [9.17, 15) is 4.79 Å². The van der Waals surface area contributed by atoms with Crippen LogP contribution in [0.3, 0.4) is 0 Å². The number of nitriles is 1. The van der Waals surface area contributed by atoms with E-state index in [1.54, 1.807) is 25.3 Å². The zero-order valence-electron chi connectivity index (χ0n) is 18.5. The Morgan fingerprint density at radius 2 is 2.06 bits per heavy atom. The number of rotatable bonds is 6. The van der Waals surface area contributed by atoms with E-state index >= 15 is 0 Å². The summed E-state index contributed by atoms with van der Waals surface area (Å²) in [6.07, 6.45) is 3.88. The van der Waals surface area contributed by atoms with Crippen LogP contribution in [0.1, 0.15) is 12.0 Å². The molecule has 3 aromatic rings. The van der Waals surface area contributed by atoms with E-state index in [0.29, 0.717) is 52.2 Å². The van der Waals surface area contributed by atoms with Crippen molar-refractivity contribution >= 4 is 39.9 Å². The number of benzene rings is 2. The molecule has 3 atom stereocenters. The molecule has 1 aliphatic carbocycles. The standard InChI is InChI=1S/C25H22ClN5O3/c1-3-23(32)31-11-15-6-16(12-31)24(15)34-22-8-18-20(9-21(22)33-2)28-13-29-25(18)30-17-5-4-14(10-27)19(26)7-17/h3-5,7-9,13,15-16,24H,1,6,11-12H2,2H3,(H,28,29,30)/t15-,16+,24+. The van der Waals surface area contributed by atoms with Gasteiger partial charge in [-0.15, -0.1) is 0 Å². The lowest BCUT2D eigenvalue weighted by Gasteiger charge is -2.52. The Morgan fingerprint density at radius 1 is 1.26 bits per heavy atom. The fourth-order valence-corrected chi connectivity index (χ4v) is 4.95. The predicted molar refractivity (Wildman–Crippen MR) is 128 cm³/mol. The highest BCUT2D eigenvalue weighted by Crippen LogP contribution is 2.45. The highest BCUT2D eigenvalue weighted by atomic mass is 35.5. The molecule has 8 nitrogen and oxygen atoms in total. The first-order chi connectivity index (χ1) is 16.5. The van der Waals surface area contributed by atoms with Crippen molar-refractivity contribution in [1.82, 2.24) is 14.9 Å². The molecule has 34 heavy (non-hydrogen) atoms. The van der Waals surface area contributed by atoms with E-state index in [4.69, 9.17) is 26.3 Å². The van der Waals surface area contributed by atoms with Gasteiger partial charge >= 0.3 is 0 Å². The monoisotopic (exact) mass is 475 g/mol. The number of amides is 1. The molecular weight excluding hydrogens is 454 g/mol. The van der Waals surface area contributed by atoms with E-state index < -0.39 is 0 Å². The van der Waals surface area contributed by atoms with Gasteiger partial charge in [-0.05, 0) is 36.8 Å². The van der Waals surface area contributed by atoms with Gasteiger partial charge in [-0.25, -0.2) is 9.97 Å². The number of ether oxygens (including phenoxy) is 2. The summed E-state index contributed by atoms with van der Waals surface area (Å²) in [6, 6.07) is 10.9. The molecule has 3 heterocycles. The second-order valence-electron chi connectivity index (χ2n) is 8.46. The Kier molecular flexibility index (Phi) is 5.72. The third kappa shape index (κ3) is 3.88. The Balaban J connectivity index is 1.43. The number of aromatic nitrogens is 2. The first kappa shape index (κ1) is 22.0.